The second-order valence-electron chi connectivity index (χ2n) is 6.95. The van der Waals surface area contributed by atoms with Gasteiger partial charge in [0.2, 0.25) is 5.91 Å². The number of likely N-dealkylation sites (tertiary alicyclic amines) is 1. The Hall–Kier alpha value is -2.14. The third-order valence-electron chi connectivity index (χ3n) is 5.28. The summed E-state index contributed by atoms with van der Waals surface area (Å²) >= 11 is 1.65. The van der Waals surface area contributed by atoms with Crippen molar-refractivity contribution < 1.29 is 4.79 Å². The molecule has 4 rings (SSSR count). The number of nitrogens with zero attached hydrogens (tertiary/aromatic N) is 2. The summed E-state index contributed by atoms with van der Waals surface area (Å²) in [5.41, 5.74) is 2.04. The van der Waals surface area contributed by atoms with Crippen LogP contribution in [-0.2, 0) is 11.3 Å². The molecule has 5 heteroatoms. The molecule has 1 saturated heterocycles. The molecule has 0 radical (unpaired) electrons. The molecule has 2 atom stereocenters. The Morgan fingerprint density at radius 1 is 1.24 bits per heavy atom. The lowest BCUT2D eigenvalue weighted by atomic mass is 9.83. The van der Waals surface area contributed by atoms with E-state index in [1.165, 1.54) is 0 Å². The highest BCUT2D eigenvalue weighted by atomic mass is 32.1. The van der Waals surface area contributed by atoms with Crippen molar-refractivity contribution in [2.24, 2.45) is 5.92 Å². The first-order valence-corrected chi connectivity index (χ1v) is 9.76. The predicted molar refractivity (Wildman–Crippen MR) is 101 cm³/mol. The van der Waals surface area contributed by atoms with E-state index in [9.17, 15) is 9.59 Å². The molecular weight excluding hydrogens is 332 g/mol. The van der Waals surface area contributed by atoms with Gasteiger partial charge in [0, 0.05) is 47.8 Å². The van der Waals surface area contributed by atoms with Gasteiger partial charge in [0.1, 0.15) is 0 Å². The lowest BCUT2D eigenvalue weighted by Crippen LogP contribution is -2.49. The number of aromatic nitrogens is 1. The molecule has 2 aromatic heterocycles. The molecule has 25 heavy (non-hydrogen) atoms. The van der Waals surface area contributed by atoms with Gasteiger partial charge in [-0.3, -0.25) is 9.59 Å². The lowest BCUT2D eigenvalue weighted by Gasteiger charge is -2.43. The van der Waals surface area contributed by atoms with E-state index in [0.717, 1.165) is 42.1 Å². The van der Waals surface area contributed by atoms with Crippen LogP contribution in [0.5, 0.6) is 0 Å². The largest absolute Gasteiger partial charge is 0.338 e. The Bertz CT molecular complexity index is 866. The maximum Gasteiger partial charge on any atom is 0.250 e. The molecule has 130 valence electrons. The highest BCUT2D eigenvalue weighted by molar-refractivity contribution is 7.10. The molecule has 2 aromatic rings. The molecule has 1 amide bonds. The Morgan fingerprint density at radius 3 is 2.88 bits per heavy atom. The minimum atomic E-state index is 0.0822. The fourth-order valence-corrected chi connectivity index (χ4v) is 4.81. The van der Waals surface area contributed by atoms with Crippen molar-refractivity contribution in [3.8, 4) is 0 Å². The van der Waals surface area contributed by atoms with Crippen molar-refractivity contribution in [3.05, 3.63) is 62.2 Å². The van der Waals surface area contributed by atoms with Crippen molar-refractivity contribution in [2.45, 2.75) is 32.2 Å². The molecule has 0 aromatic carbocycles. The number of amides is 1. The smallest absolute Gasteiger partial charge is 0.250 e. The van der Waals surface area contributed by atoms with Crippen LogP contribution in [0.4, 0.5) is 0 Å². The molecule has 0 aliphatic carbocycles. The maximum absolute atomic E-state index is 13.1. The number of hydrogen-bond acceptors (Lipinski definition) is 3. The summed E-state index contributed by atoms with van der Waals surface area (Å²) in [6, 6.07) is 9.56. The van der Waals surface area contributed by atoms with E-state index >= 15 is 0 Å². The summed E-state index contributed by atoms with van der Waals surface area (Å²) in [4.78, 5) is 28.3. The van der Waals surface area contributed by atoms with Crippen LogP contribution >= 0.6 is 11.3 Å². The zero-order valence-corrected chi connectivity index (χ0v) is 15.2. The Labute approximate surface area is 151 Å². The van der Waals surface area contributed by atoms with Gasteiger partial charge in [0.15, 0.2) is 0 Å². The van der Waals surface area contributed by atoms with Crippen LogP contribution in [-0.4, -0.2) is 28.5 Å². The fraction of sp³-hybridized carbons (Fsp3) is 0.400. The summed E-state index contributed by atoms with van der Waals surface area (Å²) in [6.45, 7) is 4.22. The molecule has 2 unspecified atom stereocenters. The van der Waals surface area contributed by atoms with Crippen LogP contribution in [0.1, 0.15) is 36.3 Å². The van der Waals surface area contributed by atoms with Crippen LogP contribution in [0, 0.1) is 5.92 Å². The first-order chi connectivity index (χ1) is 12.2. The van der Waals surface area contributed by atoms with Crippen molar-refractivity contribution in [2.75, 3.05) is 13.1 Å². The number of fused-ring (bicyclic) bond motifs is 4. The molecule has 0 N–H and O–H groups in total. The predicted octanol–water partition coefficient (Wildman–Crippen LogP) is 3.35. The number of rotatable bonds is 3. The average Bonchev–Trinajstić information content (AvgIpc) is 3.13. The van der Waals surface area contributed by atoms with Gasteiger partial charge in [-0.05, 0) is 42.3 Å². The monoisotopic (exact) mass is 354 g/mol. The molecule has 4 nitrogen and oxygen atoms in total. The van der Waals surface area contributed by atoms with Crippen LogP contribution < -0.4 is 5.56 Å². The zero-order chi connectivity index (χ0) is 17.4. The summed E-state index contributed by atoms with van der Waals surface area (Å²) in [7, 11) is 0. The second kappa shape index (κ2) is 6.64. The van der Waals surface area contributed by atoms with Crippen LogP contribution in [0.25, 0.3) is 6.08 Å². The summed E-state index contributed by atoms with van der Waals surface area (Å²) < 4.78 is 1.91. The summed E-state index contributed by atoms with van der Waals surface area (Å²) in [6.07, 6.45) is 3.83. The van der Waals surface area contributed by atoms with Crippen molar-refractivity contribution >= 4 is 23.3 Å². The molecule has 0 spiro atoms. The van der Waals surface area contributed by atoms with Crippen LogP contribution in [0.15, 0.2) is 46.1 Å². The minimum Gasteiger partial charge on any atom is -0.338 e. The van der Waals surface area contributed by atoms with Gasteiger partial charge in [-0.1, -0.05) is 19.1 Å². The highest BCUT2D eigenvalue weighted by Crippen LogP contribution is 2.35. The van der Waals surface area contributed by atoms with Gasteiger partial charge in [-0.25, -0.2) is 0 Å². The number of carbonyl (C=O) groups excluding carboxylic acids is 1. The van der Waals surface area contributed by atoms with Crippen LogP contribution in [0.3, 0.4) is 0 Å². The second-order valence-corrected chi connectivity index (χ2v) is 7.93. The fourth-order valence-electron chi connectivity index (χ4n) is 4.13. The third kappa shape index (κ3) is 3.09. The zero-order valence-electron chi connectivity index (χ0n) is 14.4. The standard InChI is InChI=1S/C20H22N2O2S/c1-2-15(10-17-5-4-8-25-17)20(24)21-11-14-9-16(13-21)18-6-3-7-19(23)22(18)12-14/h3-8,10,14,16H,2,9,11-13H2,1H3. The quantitative estimate of drug-likeness (QED) is 0.793. The Balaban J connectivity index is 1.59. The minimum absolute atomic E-state index is 0.0822. The molecular formula is C20H22N2O2S. The SMILES string of the molecule is CCC(=Cc1cccs1)C(=O)N1CC2CC(C1)c1cccc(=O)n1C2. The van der Waals surface area contributed by atoms with Gasteiger partial charge in [0.05, 0.1) is 0 Å². The Morgan fingerprint density at radius 2 is 2.12 bits per heavy atom. The van der Waals surface area contributed by atoms with E-state index in [4.69, 9.17) is 0 Å². The summed E-state index contributed by atoms with van der Waals surface area (Å²) in [5, 5.41) is 2.03. The van der Waals surface area contributed by atoms with Gasteiger partial charge >= 0.3 is 0 Å². The Kier molecular flexibility index (Phi) is 4.34. The van der Waals surface area contributed by atoms with Crippen LogP contribution in [0.2, 0.25) is 0 Å². The van der Waals surface area contributed by atoms with Gasteiger partial charge in [-0.15, -0.1) is 11.3 Å². The molecule has 1 fully saturated rings. The first kappa shape index (κ1) is 16.3. The van der Waals surface area contributed by atoms with Crippen molar-refractivity contribution in [1.29, 1.82) is 0 Å². The number of pyridine rings is 1. The molecule has 2 aliphatic heterocycles. The van der Waals surface area contributed by atoms with E-state index in [-0.39, 0.29) is 17.4 Å². The van der Waals surface area contributed by atoms with E-state index in [0.29, 0.717) is 12.5 Å². The summed E-state index contributed by atoms with van der Waals surface area (Å²) in [5.74, 6) is 0.790. The molecule has 0 saturated carbocycles. The van der Waals surface area contributed by atoms with E-state index < -0.39 is 0 Å². The highest BCUT2D eigenvalue weighted by Gasteiger charge is 2.36. The van der Waals surface area contributed by atoms with E-state index in [2.05, 4.69) is 0 Å². The molecule has 4 heterocycles. The van der Waals surface area contributed by atoms with Gasteiger partial charge in [0.25, 0.3) is 5.56 Å². The third-order valence-corrected chi connectivity index (χ3v) is 6.10. The topological polar surface area (TPSA) is 42.3 Å². The van der Waals surface area contributed by atoms with E-state index in [1.54, 1.807) is 17.4 Å². The molecule has 2 bridgehead atoms. The van der Waals surface area contributed by atoms with Crippen molar-refractivity contribution in [1.82, 2.24) is 9.47 Å². The maximum atomic E-state index is 13.1. The normalized spacial score (nSPS) is 22.6. The number of piperidine rings is 1. The lowest BCUT2D eigenvalue weighted by molar-refractivity contribution is -0.129. The average molecular weight is 354 g/mol. The molecule has 2 aliphatic rings. The van der Waals surface area contributed by atoms with Crippen molar-refractivity contribution in [3.63, 3.8) is 0 Å². The number of carbonyl (C=O) groups is 1. The number of thiophene rings is 1. The first-order valence-electron chi connectivity index (χ1n) is 8.88. The number of hydrogen-bond donors (Lipinski definition) is 0. The van der Waals surface area contributed by atoms with Gasteiger partial charge in [-0.2, -0.15) is 0 Å². The van der Waals surface area contributed by atoms with Gasteiger partial charge < -0.3 is 9.47 Å². The van der Waals surface area contributed by atoms with E-state index in [1.807, 2.05) is 52.1 Å².